The van der Waals surface area contributed by atoms with Crippen LogP contribution < -0.4 is 10.6 Å². The van der Waals surface area contributed by atoms with Crippen LogP contribution in [0.1, 0.15) is 24.8 Å². The molecule has 0 bridgehead atoms. The molecule has 2 aromatic carbocycles. The zero-order valence-corrected chi connectivity index (χ0v) is 11.8. The van der Waals surface area contributed by atoms with Gasteiger partial charge in [0.15, 0.2) is 0 Å². The highest BCUT2D eigenvalue weighted by Gasteiger charge is 2.26. The van der Waals surface area contributed by atoms with E-state index in [1.54, 1.807) is 0 Å². The van der Waals surface area contributed by atoms with Crippen LogP contribution in [0.25, 0.3) is 10.8 Å². The van der Waals surface area contributed by atoms with Crippen LogP contribution in [0.5, 0.6) is 0 Å². The summed E-state index contributed by atoms with van der Waals surface area (Å²) in [7, 11) is 0. The minimum absolute atomic E-state index is 0.198. The number of nitrogens with two attached hydrogens (primary N) is 1. The third-order valence-electron chi connectivity index (χ3n) is 4.38. The topological polar surface area (TPSA) is 49.5 Å². The van der Waals surface area contributed by atoms with E-state index in [4.69, 9.17) is 5.73 Å². The zero-order valence-electron chi connectivity index (χ0n) is 11.8. The van der Waals surface area contributed by atoms with E-state index in [1.165, 1.54) is 41.3 Å². The van der Waals surface area contributed by atoms with Gasteiger partial charge in [0.2, 0.25) is 0 Å². The minimum Gasteiger partial charge on any atom is -0.395 e. The fraction of sp³-hybridized carbons (Fsp3) is 0.412. The molecule has 0 amide bonds. The molecule has 0 heterocycles. The fourth-order valence-electron chi connectivity index (χ4n) is 3.08. The molecule has 0 saturated heterocycles. The van der Waals surface area contributed by atoms with E-state index >= 15 is 0 Å². The van der Waals surface area contributed by atoms with Gasteiger partial charge in [0, 0.05) is 30.2 Å². The van der Waals surface area contributed by atoms with E-state index in [1.807, 2.05) is 0 Å². The van der Waals surface area contributed by atoms with Crippen molar-refractivity contribution in [1.82, 2.24) is 0 Å². The zero-order chi connectivity index (χ0) is 13.9. The Bertz CT molecular complexity index is 593. The number of nitrogens with zero attached hydrogens (tertiary/aromatic N) is 1. The number of fused-ring (bicyclic) bond motifs is 1. The van der Waals surface area contributed by atoms with Crippen molar-refractivity contribution in [2.75, 3.05) is 18.1 Å². The lowest BCUT2D eigenvalue weighted by atomic mass is 9.90. The number of rotatable bonds is 5. The maximum Gasteiger partial charge on any atom is 0.0606 e. The molecule has 0 unspecified atom stereocenters. The summed E-state index contributed by atoms with van der Waals surface area (Å²) in [6, 6.07) is 13.3. The van der Waals surface area contributed by atoms with Crippen molar-refractivity contribution in [2.45, 2.75) is 31.8 Å². The van der Waals surface area contributed by atoms with Gasteiger partial charge < -0.3 is 15.7 Å². The molecule has 0 aromatic heterocycles. The summed E-state index contributed by atoms with van der Waals surface area (Å²) in [5.41, 5.74) is 8.26. The van der Waals surface area contributed by atoms with E-state index in [0.717, 1.165) is 0 Å². The first-order valence-electron chi connectivity index (χ1n) is 7.43. The van der Waals surface area contributed by atoms with Crippen molar-refractivity contribution >= 4 is 16.5 Å². The Morgan fingerprint density at radius 3 is 2.45 bits per heavy atom. The summed E-state index contributed by atoms with van der Waals surface area (Å²) < 4.78 is 0. The van der Waals surface area contributed by atoms with Crippen LogP contribution in [0.15, 0.2) is 36.4 Å². The highest BCUT2D eigenvalue weighted by molar-refractivity contribution is 5.96. The summed E-state index contributed by atoms with van der Waals surface area (Å²) in [6.07, 6.45) is 3.76. The Morgan fingerprint density at radius 1 is 1.10 bits per heavy atom. The van der Waals surface area contributed by atoms with E-state index in [-0.39, 0.29) is 6.61 Å². The van der Waals surface area contributed by atoms with Crippen molar-refractivity contribution in [3.63, 3.8) is 0 Å². The van der Waals surface area contributed by atoms with Gasteiger partial charge in [-0.15, -0.1) is 0 Å². The molecule has 3 heteroatoms. The number of aliphatic hydroxyl groups is 1. The predicted molar refractivity (Wildman–Crippen MR) is 83.9 cm³/mol. The molecule has 0 aliphatic heterocycles. The number of anilines is 1. The second kappa shape index (κ2) is 5.81. The van der Waals surface area contributed by atoms with Crippen molar-refractivity contribution in [2.24, 2.45) is 5.73 Å². The molecule has 1 aliphatic rings. The van der Waals surface area contributed by atoms with E-state index < -0.39 is 0 Å². The molecular weight excluding hydrogens is 248 g/mol. The minimum atomic E-state index is 0.198. The van der Waals surface area contributed by atoms with Crippen LogP contribution in [-0.4, -0.2) is 24.3 Å². The molecule has 1 aliphatic carbocycles. The van der Waals surface area contributed by atoms with Crippen LogP contribution in [0, 0.1) is 0 Å². The van der Waals surface area contributed by atoms with Gasteiger partial charge in [0.25, 0.3) is 0 Å². The lowest BCUT2D eigenvalue weighted by molar-refractivity contribution is 0.284. The Morgan fingerprint density at radius 2 is 1.85 bits per heavy atom. The van der Waals surface area contributed by atoms with Crippen molar-refractivity contribution in [3.05, 3.63) is 42.0 Å². The molecule has 0 spiro atoms. The Hall–Kier alpha value is -1.58. The summed E-state index contributed by atoms with van der Waals surface area (Å²) >= 11 is 0. The summed E-state index contributed by atoms with van der Waals surface area (Å²) in [5, 5.41) is 11.9. The molecule has 3 nitrogen and oxygen atoms in total. The van der Waals surface area contributed by atoms with Crippen molar-refractivity contribution in [3.8, 4) is 0 Å². The van der Waals surface area contributed by atoms with Gasteiger partial charge in [-0.3, -0.25) is 0 Å². The molecule has 106 valence electrons. The molecule has 1 fully saturated rings. The molecule has 20 heavy (non-hydrogen) atoms. The van der Waals surface area contributed by atoms with Gasteiger partial charge >= 0.3 is 0 Å². The lowest BCUT2D eigenvalue weighted by Crippen LogP contribution is -2.42. The summed E-state index contributed by atoms with van der Waals surface area (Å²) in [5.74, 6) is 0. The summed E-state index contributed by atoms with van der Waals surface area (Å²) in [4.78, 5) is 2.37. The van der Waals surface area contributed by atoms with Crippen LogP contribution >= 0.6 is 0 Å². The van der Waals surface area contributed by atoms with E-state index in [0.29, 0.717) is 19.1 Å². The van der Waals surface area contributed by atoms with Crippen LogP contribution in [-0.2, 0) is 6.54 Å². The second-order valence-electron chi connectivity index (χ2n) is 5.50. The number of benzene rings is 2. The fourth-order valence-corrected chi connectivity index (χ4v) is 3.08. The molecule has 3 rings (SSSR count). The lowest BCUT2D eigenvalue weighted by Gasteiger charge is -2.39. The smallest absolute Gasteiger partial charge is 0.0606 e. The molecule has 0 radical (unpaired) electrons. The van der Waals surface area contributed by atoms with Crippen LogP contribution in [0.2, 0.25) is 0 Å². The Labute approximate surface area is 120 Å². The van der Waals surface area contributed by atoms with Gasteiger partial charge in [-0.05, 0) is 36.3 Å². The first-order chi connectivity index (χ1) is 9.85. The molecule has 3 N–H and O–H groups in total. The van der Waals surface area contributed by atoms with Gasteiger partial charge in [0.05, 0.1) is 6.61 Å². The highest BCUT2D eigenvalue weighted by Crippen LogP contribution is 2.35. The van der Waals surface area contributed by atoms with E-state index in [2.05, 4.69) is 41.3 Å². The first kappa shape index (κ1) is 13.4. The average Bonchev–Trinajstić information content (AvgIpc) is 2.44. The monoisotopic (exact) mass is 270 g/mol. The SMILES string of the molecule is NCc1ccc(N(CCO)C2CCC2)c2ccccc12. The quantitative estimate of drug-likeness (QED) is 0.878. The second-order valence-corrected chi connectivity index (χ2v) is 5.50. The highest BCUT2D eigenvalue weighted by atomic mass is 16.3. The third-order valence-corrected chi connectivity index (χ3v) is 4.38. The number of hydrogen-bond donors (Lipinski definition) is 2. The summed E-state index contributed by atoms with van der Waals surface area (Å²) in [6.45, 7) is 1.46. The van der Waals surface area contributed by atoms with Gasteiger partial charge in [-0.2, -0.15) is 0 Å². The van der Waals surface area contributed by atoms with Gasteiger partial charge in [0.1, 0.15) is 0 Å². The Kier molecular flexibility index (Phi) is 3.90. The van der Waals surface area contributed by atoms with Gasteiger partial charge in [-0.1, -0.05) is 30.3 Å². The van der Waals surface area contributed by atoms with Crippen LogP contribution in [0.4, 0.5) is 5.69 Å². The predicted octanol–water partition coefficient (Wildman–Crippen LogP) is 2.65. The van der Waals surface area contributed by atoms with Crippen molar-refractivity contribution < 1.29 is 5.11 Å². The van der Waals surface area contributed by atoms with Gasteiger partial charge in [-0.25, -0.2) is 0 Å². The van der Waals surface area contributed by atoms with Crippen molar-refractivity contribution in [1.29, 1.82) is 0 Å². The maximum absolute atomic E-state index is 9.38. The van der Waals surface area contributed by atoms with Crippen LogP contribution in [0.3, 0.4) is 0 Å². The first-order valence-corrected chi connectivity index (χ1v) is 7.43. The number of hydrogen-bond acceptors (Lipinski definition) is 3. The number of aliphatic hydroxyl groups excluding tert-OH is 1. The third kappa shape index (κ3) is 2.28. The molecular formula is C17H22N2O. The average molecular weight is 270 g/mol. The standard InChI is InChI=1S/C17H22N2O/c18-12-13-8-9-17(16-7-2-1-6-15(13)16)19(10-11-20)14-4-3-5-14/h1-2,6-9,14,20H,3-5,10-12,18H2. The van der Waals surface area contributed by atoms with E-state index in [9.17, 15) is 5.11 Å². The Balaban J connectivity index is 2.09. The molecule has 1 saturated carbocycles. The largest absolute Gasteiger partial charge is 0.395 e. The molecule has 2 aromatic rings. The molecule has 0 atom stereocenters. The maximum atomic E-state index is 9.38. The normalized spacial score (nSPS) is 15.3.